The van der Waals surface area contributed by atoms with Gasteiger partial charge in [-0.1, -0.05) is 17.7 Å². The molecule has 0 saturated heterocycles. The third-order valence-corrected chi connectivity index (χ3v) is 2.77. The molecule has 0 fully saturated rings. The fraction of sp³-hybridized carbons (Fsp3) is 0. The van der Waals surface area contributed by atoms with Gasteiger partial charge in [0.05, 0.1) is 9.50 Å². The van der Waals surface area contributed by atoms with Gasteiger partial charge in [-0.25, -0.2) is 9.37 Å². The Kier molecular flexibility index (Phi) is 2.33. The number of nitrogens with two attached hydrogens (primary N) is 1. The molecule has 2 rings (SSSR count). The zero-order valence-electron chi connectivity index (χ0n) is 6.89. The van der Waals surface area contributed by atoms with Gasteiger partial charge in [-0.3, -0.25) is 0 Å². The number of anilines is 1. The molecule has 0 saturated carbocycles. The van der Waals surface area contributed by atoms with E-state index in [9.17, 15) is 4.39 Å². The summed E-state index contributed by atoms with van der Waals surface area (Å²) >= 11 is 8.83. The van der Waals surface area contributed by atoms with Crippen molar-refractivity contribution in [1.82, 2.24) is 4.98 Å². The Labute approximate surface area is 93.0 Å². The first-order chi connectivity index (χ1) is 6.59. The lowest BCUT2D eigenvalue weighted by Gasteiger charge is -2.03. The Balaban J connectivity index is 2.89. The van der Waals surface area contributed by atoms with Crippen molar-refractivity contribution >= 4 is 44.3 Å². The van der Waals surface area contributed by atoms with Gasteiger partial charge in [0.1, 0.15) is 11.3 Å². The van der Waals surface area contributed by atoms with E-state index in [1.165, 1.54) is 0 Å². The van der Waals surface area contributed by atoms with Crippen LogP contribution in [0.3, 0.4) is 0 Å². The highest BCUT2D eigenvalue weighted by atomic mass is 79.9. The number of fused-ring (bicyclic) bond motifs is 1. The third kappa shape index (κ3) is 1.44. The molecule has 0 radical (unpaired) electrons. The normalized spacial score (nSPS) is 10.8. The van der Waals surface area contributed by atoms with Crippen LogP contribution in [0.2, 0.25) is 5.02 Å². The van der Waals surface area contributed by atoms with Crippen LogP contribution in [0.4, 0.5) is 10.2 Å². The summed E-state index contributed by atoms with van der Waals surface area (Å²) in [4.78, 5) is 3.88. The van der Waals surface area contributed by atoms with Crippen molar-refractivity contribution in [1.29, 1.82) is 0 Å². The molecular formula is C9H5BrClFN2. The van der Waals surface area contributed by atoms with Gasteiger partial charge in [-0.05, 0) is 28.1 Å². The molecule has 0 spiro atoms. The van der Waals surface area contributed by atoms with E-state index in [0.717, 1.165) is 0 Å². The van der Waals surface area contributed by atoms with Crippen LogP contribution >= 0.6 is 27.5 Å². The molecule has 0 amide bonds. The molecule has 14 heavy (non-hydrogen) atoms. The topological polar surface area (TPSA) is 38.9 Å². The van der Waals surface area contributed by atoms with Gasteiger partial charge in [-0.2, -0.15) is 0 Å². The van der Waals surface area contributed by atoms with E-state index in [2.05, 4.69) is 20.9 Å². The molecule has 1 heterocycles. The van der Waals surface area contributed by atoms with Crippen LogP contribution < -0.4 is 5.73 Å². The summed E-state index contributed by atoms with van der Waals surface area (Å²) in [5, 5.41) is 0.962. The molecule has 0 aliphatic heterocycles. The van der Waals surface area contributed by atoms with Gasteiger partial charge in [0.25, 0.3) is 0 Å². The minimum Gasteiger partial charge on any atom is -0.382 e. The smallest absolute Gasteiger partial charge is 0.163 e. The SMILES string of the molecule is Nc1nc2c(F)c(Br)ccc2cc1Cl. The predicted octanol–water partition coefficient (Wildman–Crippen LogP) is 3.37. The highest BCUT2D eigenvalue weighted by Crippen LogP contribution is 2.27. The van der Waals surface area contributed by atoms with Crippen LogP contribution in [0, 0.1) is 5.82 Å². The third-order valence-electron chi connectivity index (χ3n) is 1.86. The van der Waals surface area contributed by atoms with Crippen LogP contribution in [-0.4, -0.2) is 4.98 Å². The van der Waals surface area contributed by atoms with Crippen molar-refractivity contribution in [3.8, 4) is 0 Å². The second-order valence-corrected chi connectivity index (χ2v) is 4.05. The molecule has 0 bridgehead atoms. The van der Waals surface area contributed by atoms with Gasteiger partial charge in [0, 0.05) is 5.39 Å². The van der Waals surface area contributed by atoms with Gasteiger partial charge in [-0.15, -0.1) is 0 Å². The van der Waals surface area contributed by atoms with E-state index in [4.69, 9.17) is 17.3 Å². The van der Waals surface area contributed by atoms with Crippen molar-refractivity contribution in [2.24, 2.45) is 0 Å². The summed E-state index contributed by atoms with van der Waals surface area (Å²) in [6.45, 7) is 0. The number of hydrogen-bond donors (Lipinski definition) is 1. The number of hydrogen-bond acceptors (Lipinski definition) is 2. The maximum atomic E-state index is 13.5. The van der Waals surface area contributed by atoms with E-state index in [1.54, 1.807) is 18.2 Å². The molecule has 0 unspecified atom stereocenters. The minimum absolute atomic E-state index is 0.135. The van der Waals surface area contributed by atoms with E-state index in [-0.39, 0.29) is 11.3 Å². The maximum absolute atomic E-state index is 13.5. The first-order valence-electron chi connectivity index (χ1n) is 3.79. The Morgan fingerprint density at radius 3 is 2.86 bits per heavy atom. The lowest BCUT2D eigenvalue weighted by Crippen LogP contribution is -1.94. The number of benzene rings is 1. The highest BCUT2D eigenvalue weighted by molar-refractivity contribution is 9.10. The number of nitrogens with zero attached hydrogens (tertiary/aromatic N) is 1. The van der Waals surface area contributed by atoms with E-state index in [1.807, 2.05) is 0 Å². The number of rotatable bonds is 0. The lowest BCUT2D eigenvalue weighted by atomic mass is 10.2. The zero-order chi connectivity index (χ0) is 10.3. The standard InChI is InChI=1S/C9H5BrClFN2/c10-5-2-1-4-3-6(11)9(13)14-8(4)7(5)12/h1-3H,(H2,13,14). The fourth-order valence-corrected chi connectivity index (χ4v) is 1.65. The van der Waals surface area contributed by atoms with Crippen molar-refractivity contribution < 1.29 is 4.39 Å². The number of nitrogen functional groups attached to an aromatic ring is 1. The molecule has 2 aromatic rings. The molecule has 72 valence electrons. The first kappa shape index (κ1) is 9.68. The fourth-order valence-electron chi connectivity index (χ4n) is 1.17. The Bertz CT molecular complexity index is 516. The van der Waals surface area contributed by atoms with Crippen LogP contribution in [0.25, 0.3) is 10.9 Å². The van der Waals surface area contributed by atoms with Gasteiger partial charge in [0.2, 0.25) is 0 Å². The van der Waals surface area contributed by atoms with Gasteiger partial charge < -0.3 is 5.73 Å². The number of aromatic nitrogens is 1. The second-order valence-electron chi connectivity index (χ2n) is 2.79. The van der Waals surface area contributed by atoms with Crippen LogP contribution in [-0.2, 0) is 0 Å². The summed E-state index contributed by atoms with van der Waals surface area (Å²) in [7, 11) is 0. The average Bonchev–Trinajstić information content (AvgIpc) is 2.15. The Morgan fingerprint density at radius 1 is 1.43 bits per heavy atom. The van der Waals surface area contributed by atoms with Crippen molar-refractivity contribution in [3.05, 3.63) is 33.5 Å². The minimum atomic E-state index is -0.425. The maximum Gasteiger partial charge on any atom is 0.163 e. The summed E-state index contributed by atoms with van der Waals surface area (Å²) < 4.78 is 13.9. The molecule has 0 aliphatic carbocycles. The predicted molar refractivity (Wildman–Crippen MR) is 58.8 cm³/mol. The van der Waals surface area contributed by atoms with Crippen LogP contribution in [0.5, 0.6) is 0 Å². The first-order valence-corrected chi connectivity index (χ1v) is 4.96. The second kappa shape index (κ2) is 3.37. The number of pyridine rings is 1. The Morgan fingerprint density at radius 2 is 2.14 bits per heavy atom. The molecule has 0 atom stereocenters. The average molecular weight is 276 g/mol. The van der Waals surface area contributed by atoms with E-state index in [0.29, 0.717) is 14.9 Å². The molecule has 1 aromatic heterocycles. The van der Waals surface area contributed by atoms with Gasteiger partial charge in [0.15, 0.2) is 5.82 Å². The molecule has 2 N–H and O–H groups in total. The molecule has 2 nitrogen and oxygen atoms in total. The molecule has 0 aliphatic rings. The Hall–Kier alpha value is -0.870. The largest absolute Gasteiger partial charge is 0.382 e. The van der Waals surface area contributed by atoms with Crippen LogP contribution in [0.15, 0.2) is 22.7 Å². The quantitative estimate of drug-likeness (QED) is 0.800. The number of halogens is 3. The highest BCUT2D eigenvalue weighted by Gasteiger charge is 2.08. The molecule has 1 aromatic carbocycles. The van der Waals surface area contributed by atoms with Crippen molar-refractivity contribution in [3.63, 3.8) is 0 Å². The van der Waals surface area contributed by atoms with Crippen molar-refractivity contribution in [2.45, 2.75) is 0 Å². The summed E-state index contributed by atoms with van der Waals surface area (Å²) in [5.74, 6) is -0.290. The molecular weight excluding hydrogens is 270 g/mol. The summed E-state index contributed by atoms with van der Waals surface area (Å²) in [6, 6.07) is 4.92. The van der Waals surface area contributed by atoms with Crippen LogP contribution in [0.1, 0.15) is 0 Å². The monoisotopic (exact) mass is 274 g/mol. The lowest BCUT2D eigenvalue weighted by molar-refractivity contribution is 0.630. The van der Waals surface area contributed by atoms with E-state index < -0.39 is 5.82 Å². The van der Waals surface area contributed by atoms with E-state index >= 15 is 0 Å². The summed E-state index contributed by atoms with van der Waals surface area (Å²) in [6.07, 6.45) is 0. The summed E-state index contributed by atoms with van der Waals surface area (Å²) in [5.41, 5.74) is 5.70. The van der Waals surface area contributed by atoms with Crippen molar-refractivity contribution in [2.75, 3.05) is 5.73 Å². The zero-order valence-corrected chi connectivity index (χ0v) is 9.23. The molecule has 5 heteroatoms. The van der Waals surface area contributed by atoms with Gasteiger partial charge >= 0.3 is 0 Å².